The number of hydrogen-bond donors (Lipinski definition) is 2. The molecule has 68 heavy (non-hydrogen) atoms. The molecule has 0 bridgehead atoms. The molecule has 356 valence electrons. The first-order valence-corrected chi connectivity index (χ1v) is 22.6. The van der Waals surface area contributed by atoms with Crippen LogP contribution in [0.4, 0.5) is 9.59 Å². The quantitative estimate of drug-likeness (QED) is 0.0376. The molecule has 0 radical (unpaired) electrons. The van der Waals surface area contributed by atoms with Crippen molar-refractivity contribution in [3.8, 4) is 0 Å². The van der Waals surface area contributed by atoms with E-state index >= 15 is 0 Å². The minimum absolute atomic E-state index is 0.0473. The van der Waals surface area contributed by atoms with Gasteiger partial charge in [-0.05, 0) is 64.3 Å². The van der Waals surface area contributed by atoms with Gasteiger partial charge in [-0.15, -0.1) is 5.73 Å². The number of alkyl carbamates (subject to hydrolysis) is 2. The molecule has 16 nitrogen and oxygen atoms in total. The van der Waals surface area contributed by atoms with Crippen LogP contribution in [-0.4, -0.2) is 51.1 Å². The van der Waals surface area contributed by atoms with Gasteiger partial charge in [-0.2, -0.15) is 0 Å². The third-order valence-corrected chi connectivity index (χ3v) is 10.0. The van der Waals surface area contributed by atoms with Crippen molar-refractivity contribution in [1.29, 1.82) is 0 Å². The number of nitrogens with one attached hydrogen (secondary N) is 2. The number of aliphatic imine (C=N–C) groups is 4. The van der Waals surface area contributed by atoms with Gasteiger partial charge in [0, 0.05) is 19.6 Å². The van der Waals surface area contributed by atoms with Gasteiger partial charge in [0.15, 0.2) is 0 Å². The molecule has 0 aliphatic carbocycles. The number of rotatable bonds is 23. The first kappa shape index (κ1) is 52.7. The molecule has 0 saturated heterocycles. The van der Waals surface area contributed by atoms with Crippen molar-refractivity contribution >= 4 is 24.2 Å². The zero-order valence-electron chi connectivity index (χ0n) is 39.2. The largest absolute Gasteiger partial charge is 0.450 e. The van der Waals surface area contributed by atoms with Crippen LogP contribution in [0.2, 0.25) is 0 Å². The topological polar surface area (TPSA) is 192 Å². The number of benzene rings is 4. The standard InChI is InChI=1S/C49H57N9O7.C3H4/c1-4-7-21-64-45(59)54-31-41-17-9-13-37(23-41)27-50-35-52-29-39-15-11-19-43(25-39)33-57-47(61)56(6-3)48(62)58(49(57)63)34-44-20-12-16-40(26-44)30-53-36-51-28-38-14-10-18-42(24-38)32-55-46(60)65-22-8-5-2;1-3-2/h9-20,23-26H,4-8,21-22,27-34H2,1-3H3,(H,54,59)(H,55,60);1-2H2. The van der Waals surface area contributed by atoms with Crippen LogP contribution in [0.5, 0.6) is 0 Å². The first-order valence-electron chi connectivity index (χ1n) is 22.6. The Bertz CT molecular complexity index is 2610. The van der Waals surface area contributed by atoms with E-state index < -0.39 is 29.3 Å². The van der Waals surface area contributed by atoms with Crippen molar-refractivity contribution in [2.75, 3.05) is 13.2 Å². The summed E-state index contributed by atoms with van der Waals surface area (Å²) in [7, 11) is 0. The molecule has 4 aromatic carbocycles. The summed E-state index contributed by atoms with van der Waals surface area (Å²) in [6.45, 7) is 14.7. The lowest BCUT2D eigenvalue weighted by molar-refractivity contribution is 0.143. The van der Waals surface area contributed by atoms with E-state index in [2.05, 4.69) is 61.5 Å². The highest BCUT2D eigenvalue weighted by Crippen LogP contribution is 2.11. The molecule has 0 unspecified atom stereocenters. The van der Waals surface area contributed by atoms with E-state index in [1.54, 1.807) is 6.92 Å². The van der Waals surface area contributed by atoms with E-state index in [4.69, 9.17) is 9.47 Å². The van der Waals surface area contributed by atoms with Crippen LogP contribution in [0.25, 0.3) is 0 Å². The van der Waals surface area contributed by atoms with Crippen LogP contribution in [0, 0.1) is 0 Å². The van der Waals surface area contributed by atoms with E-state index in [1.165, 1.54) is 0 Å². The fraction of sp³-hybridized carbons (Fsp3) is 0.346. The molecule has 0 aliphatic heterocycles. The second-order valence-corrected chi connectivity index (χ2v) is 15.4. The smallest absolute Gasteiger partial charge is 0.407 e. The maximum Gasteiger partial charge on any atom is 0.407 e. The van der Waals surface area contributed by atoms with Crippen LogP contribution in [-0.2, 0) is 68.4 Å². The van der Waals surface area contributed by atoms with Crippen LogP contribution in [0.3, 0.4) is 0 Å². The van der Waals surface area contributed by atoms with Crippen LogP contribution in [0.15, 0.2) is 150 Å². The lowest BCUT2D eigenvalue weighted by atomic mass is 10.1. The Morgan fingerprint density at radius 2 is 0.824 bits per heavy atom. The Morgan fingerprint density at radius 3 is 1.16 bits per heavy atom. The summed E-state index contributed by atoms with van der Waals surface area (Å²) in [6, 6.07) is 35.6. The summed E-state index contributed by atoms with van der Waals surface area (Å²) in [6.07, 6.45) is 2.66. The number of aromatic nitrogens is 3. The highest BCUT2D eigenvalue weighted by Gasteiger charge is 2.16. The predicted molar refractivity (Wildman–Crippen MR) is 264 cm³/mol. The molecule has 0 saturated carbocycles. The third-order valence-electron chi connectivity index (χ3n) is 10.0. The average molecular weight is 924 g/mol. The van der Waals surface area contributed by atoms with Crippen molar-refractivity contribution in [3.05, 3.63) is 192 Å². The number of carbonyl (C=O) groups is 2. The number of amides is 2. The molecule has 0 spiro atoms. The summed E-state index contributed by atoms with van der Waals surface area (Å²) >= 11 is 0. The minimum Gasteiger partial charge on any atom is -0.450 e. The summed E-state index contributed by atoms with van der Waals surface area (Å²) in [5, 5.41) is 5.51. The molecular weight excluding hydrogens is 863 g/mol. The van der Waals surface area contributed by atoms with Gasteiger partial charge in [-0.3, -0.25) is 0 Å². The summed E-state index contributed by atoms with van der Waals surface area (Å²) < 4.78 is 13.5. The van der Waals surface area contributed by atoms with Gasteiger partial charge in [-0.1, -0.05) is 137 Å². The second kappa shape index (κ2) is 29.6. The van der Waals surface area contributed by atoms with Crippen LogP contribution >= 0.6 is 0 Å². The predicted octanol–water partition coefficient (Wildman–Crippen LogP) is 8.05. The molecule has 2 N–H and O–H groups in total. The van der Waals surface area contributed by atoms with E-state index in [0.717, 1.165) is 72.8 Å². The number of nitrogens with zero attached hydrogens (tertiary/aromatic N) is 7. The maximum atomic E-state index is 13.8. The van der Waals surface area contributed by atoms with E-state index in [-0.39, 0.29) is 32.7 Å². The van der Waals surface area contributed by atoms with Crippen LogP contribution in [0.1, 0.15) is 91.0 Å². The van der Waals surface area contributed by atoms with Gasteiger partial charge in [-0.25, -0.2) is 57.6 Å². The Morgan fingerprint density at radius 1 is 0.515 bits per heavy atom. The maximum absolute atomic E-state index is 13.8. The molecule has 1 heterocycles. The van der Waals surface area contributed by atoms with Crippen molar-refractivity contribution < 1.29 is 19.1 Å². The van der Waals surface area contributed by atoms with Crippen LogP contribution < -0.4 is 27.7 Å². The molecule has 2 amide bonds. The lowest BCUT2D eigenvalue weighted by Crippen LogP contribution is -2.54. The average Bonchev–Trinajstić information content (AvgIpc) is 3.34. The van der Waals surface area contributed by atoms with E-state index in [1.807, 2.05) is 111 Å². The molecule has 0 atom stereocenters. The molecule has 5 aromatic rings. The van der Waals surface area contributed by atoms with Gasteiger partial charge in [0.25, 0.3) is 0 Å². The van der Waals surface area contributed by atoms with Gasteiger partial charge in [0.05, 0.1) is 64.5 Å². The fourth-order valence-electron chi connectivity index (χ4n) is 6.59. The highest BCUT2D eigenvalue weighted by molar-refractivity contribution is 5.67. The number of carbonyl (C=O) groups excluding carboxylic acids is 2. The highest BCUT2D eigenvalue weighted by atomic mass is 16.6. The van der Waals surface area contributed by atoms with Crippen molar-refractivity contribution in [1.82, 2.24) is 24.3 Å². The normalized spacial score (nSPS) is 10.2. The molecule has 16 heteroatoms. The molecule has 0 fully saturated rings. The number of hydrogen-bond acceptors (Lipinski definition) is 11. The Labute approximate surface area is 396 Å². The first-order chi connectivity index (χ1) is 33.1. The fourth-order valence-corrected chi connectivity index (χ4v) is 6.59. The van der Waals surface area contributed by atoms with Gasteiger partial charge >= 0.3 is 29.3 Å². The summed E-state index contributed by atoms with van der Waals surface area (Å²) in [5.41, 5.74) is 6.90. The zero-order chi connectivity index (χ0) is 48.9. The minimum atomic E-state index is -0.714. The van der Waals surface area contributed by atoms with E-state index in [9.17, 15) is 24.0 Å². The van der Waals surface area contributed by atoms with Gasteiger partial charge in [0.1, 0.15) is 0 Å². The third kappa shape index (κ3) is 18.2. The van der Waals surface area contributed by atoms with Crippen molar-refractivity contribution in [2.24, 2.45) is 20.0 Å². The number of ether oxygens (including phenoxy) is 2. The molecule has 5 rings (SSSR count). The Balaban J connectivity index is 0.00000327. The number of unbranched alkanes of at least 4 members (excludes halogenated alkanes) is 2. The second-order valence-electron chi connectivity index (χ2n) is 15.4. The lowest BCUT2D eigenvalue weighted by Gasteiger charge is -2.14. The molecule has 0 aliphatic rings. The van der Waals surface area contributed by atoms with Crippen molar-refractivity contribution in [2.45, 2.75) is 105 Å². The summed E-state index contributed by atoms with van der Waals surface area (Å²) in [4.78, 5) is 81.8. The Hall–Kier alpha value is -7.89. The molecular formula is C52H61N9O7. The van der Waals surface area contributed by atoms with E-state index in [0.29, 0.717) is 50.5 Å². The zero-order valence-corrected chi connectivity index (χ0v) is 39.2. The summed E-state index contributed by atoms with van der Waals surface area (Å²) in [5.74, 6) is 0. The van der Waals surface area contributed by atoms with Crippen molar-refractivity contribution in [3.63, 3.8) is 0 Å². The molecule has 1 aromatic heterocycles. The monoisotopic (exact) mass is 923 g/mol. The van der Waals surface area contributed by atoms with Gasteiger partial charge in [0.2, 0.25) is 0 Å². The van der Waals surface area contributed by atoms with Gasteiger partial charge < -0.3 is 20.1 Å². The SMILES string of the molecule is C=C=C.CCCCOC(=O)NCc1cccc(CN=C=NCc2cccc(Cn3c(=O)n(CC)c(=O)n(Cc4cccc(CN=C=NCc5cccc(CNC(=O)OCCCC)c5)c4)c3=O)c2)c1. The Kier molecular flexibility index (Phi) is 23.0.